The lowest BCUT2D eigenvalue weighted by Gasteiger charge is -2.45. The zero-order valence-electron chi connectivity index (χ0n) is 19.6. The quantitative estimate of drug-likeness (QED) is 0.410. The van der Waals surface area contributed by atoms with Crippen LogP contribution >= 0.6 is 23.2 Å². The Morgan fingerprint density at radius 3 is 2.14 bits per heavy atom. The predicted octanol–water partition coefficient (Wildman–Crippen LogP) is 5.51. The summed E-state index contributed by atoms with van der Waals surface area (Å²) in [6.45, 7) is 2.03. The summed E-state index contributed by atoms with van der Waals surface area (Å²) in [5, 5.41) is 12.5. The number of amides is 2. The van der Waals surface area contributed by atoms with Crippen LogP contribution in [0.1, 0.15) is 52.0 Å². The molecule has 0 radical (unpaired) electrons. The number of carbonyl (C=O) groups excluding carboxylic acids is 2. The lowest BCUT2D eigenvalue weighted by molar-refractivity contribution is -0.179. The molecule has 1 aliphatic heterocycles. The van der Waals surface area contributed by atoms with Crippen molar-refractivity contribution in [1.82, 2.24) is 9.96 Å². The monoisotopic (exact) mass is 526 g/mol. The highest BCUT2D eigenvalue weighted by molar-refractivity contribution is 6.30. The minimum absolute atomic E-state index is 0.258. The molecule has 0 spiro atoms. The molecular weight excluding hydrogens is 503 g/mol. The lowest BCUT2D eigenvalue weighted by atomic mass is 9.78. The highest BCUT2D eigenvalue weighted by Gasteiger charge is 2.49. The Morgan fingerprint density at radius 2 is 1.58 bits per heavy atom. The molecule has 4 rings (SSSR count). The van der Waals surface area contributed by atoms with E-state index in [1.54, 1.807) is 79.7 Å². The Balaban J connectivity index is 2.01. The molecule has 1 N–H and O–H groups in total. The van der Waals surface area contributed by atoms with E-state index in [2.05, 4.69) is 0 Å². The second kappa shape index (κ2) is 10.7. The topological polar surface area (TPSA) is 87.2 Å². The van der Waals surface area contributed by atoms with Crippen molar-refractivity contribution in [2.45, 2.75) is 24.9 Å². The van der Waals surface area contributed by atoms with Gasteiger partial charge in [0.15, 0.2) is 6.04 Å². The Kier molecular flexibility index (Phi) is 7.64. The number of likely N-dealkylation sites (N-methyl/N-ethyl adjacent to an activating group) is 1. The van der Waals surface area contributed by atoms with E-state index in [9.17, 15) is 19.5 Å². The van der Waals surface area contributed by atoms with Crippen LogP contribution in [0.5, 0.6) is 0 Å². The van der Waals surface area contributed by atoms with Gasteiger partial charge in [-0.2, -0.15) is 0 Å². The number of carboxylic acids is 1. The number of hydrogen-bond acceptors (Lipinski definition) is 4. The van der Waals surface area contributed by atoms with E-state index in [1.807, 2.05) is 0 Å². The highest BCUT2D eigenvalue weighted by atomic mass is 35.5. The first-order valence-electron chi connectivity index (χ1n) is 11.3. The largest absolute Gasteiger partial charge is 0.479 e. The molecule has 9 heteroatoms. The predicted molar refractivity (Wildman–Crippen MR) is 136 cm³/mol. The standard InChI is InChI=1S/C27H24Cl2N2O5/c1-3-30(36-2)26(33)22-20-6-4-5-7-21(20)25(32)31(23(22)16-8-12-18(28)13-9-16)24(27(34)35)17-10-14-19(29)15-11-17/h4-15,22-24H,3H2,1-2H3,(H,34,35). The van der Waals surface area contributed by atoms with Gasteiger partial charge in [0.25, 0.3) is 11.8 Å². The molecule has 1 aliphatic rings. The van der Waals surface area contributed by atoms with Crippen LogP contribution in [0.15, 0.2) is 72.8 Å². The van der Waals surface area contributed by atoms with Crippen molar-refractivity contribution in [2.24, 2.45) is 0 Å². The molecular formula is C27H24Cl2N2O5. The van der Waals surface area contributed by atoms with E-state index < -0.39 is 35.8 Å². The molecule has 3 unspecified atom stereocenters. The molecule has 1 heterocycles. The summed E-state index contributed by atoms with van der Waals surface area (Å²) >= 11 is 12.2. The molecule has 0 aromatic heterocycles. The maximum atomic E-state index is 14.0. The van der Waals surface area contributed by atoms with Crippen molar-refractivity contribution >= 4 is 41.0 Å². The summed E-state index contributed by atoms with van der Waals surface area (Å²) in [5.74, 6) is -3.08. The van der Waals surface area contributed by atoms with Gasteiger partial charge in [0, 0.05) is 22.2 Å². The summed E-state index contributed by atoms with van der Waals surface area (Å²) in [5.41, 5.74) is 1.67. The van der Waals surface area contributed by atoms with Gasteiger partial charge in [-0.1, -0.05) is 65.7 Å². The second-order valence-corrected chi connectivity index (χ2v) is 9.15. The average Bonchev–Trinajstić information content (AvgIpc) is 2.87. The van der Waals surface area contributed by atoms with Crippen LogP contribution in [0, 0.1) is 0 Å². The number of carboxylic acid groups (broad SMARTS) is 1. The van der Waals surface area contributed by atoms with Crippen molar-refractivity contribution < 1.29 is 24.3 Å². The van der Waals surface area contributed by atoms with Crippen LogP contribution < -0.4 is 0 Å². The average molecular weight is 527 g/mol. The molecule has 0 aliphatic carbocycles. The molecule has 0 saturated heterocycles. The number of hydroxylamine groups is 2. The fourth-order valence-corrected chi connectivity index (χ4v) is 4.97. The summed E-state index contributed by atoms with van der Waals surface area (Å²) in [6, 6.07) is 17.4. The number of rotatable bonds is 7. The van der Waals surface area contributed by atoms with Gasteiger partial charge in [-0.15, -0.1) is 0 Å². The summed E-state index contributed by atoms with van der Waals surface area (Å²) in [4.78, 5) is 47.2. The Hall–Kier alpha value is -3.39. The van der Waals surface area contributed by atoms with Crippen molar-refractivity contribution in [3.63, 3.8) is 0 Å². The van der Waals surface area contributed by atoms with Gasteiger partial charge in [0.05, 0.1) is 19.1 Å². The summed E-state index contributed by atoms with van der Waals surface area (Å²) < 4.78 is 0. The Bertz CT molecular complexity index is 1280. The van der Waals surface area contributed by atoms with Crippen molar-refractivity contribution in [3.05, 3.63) is 105 Å². The molecule has 0 bridgehead atoms. The van der Waals surface area contributed by atoms with Gasteiger partial charge < -0.3 is 10.0 Å². The molecule has 186 valence electrons. The molecule has 0 fully saturated rings. The number of benzene rings is 3. The normalized spacial score (nSPS) is 17.9. The van der Waals surface area contributed by atoms with E-state index in [0.717, 1.165) is 0 Å². The van der Waals surface area contributed by atoms with Gasteiger partial charge in [0.1, 0.15) is 0 Å². The van der Waals surface area contributed by atoms with Crippen LogP contribution in [0.2, 0.25) is 10.0 Å². The van der Waals surface area contributed by atoms with Crippen LogP contribution in [-0.4, -0.2) is 46.5 Å². The number of aliphatic carboxylic acids is 1. The van der Waals surface area contributed by atoms with Gasteiger partial charge in [-0.3, -0.25) is 14.4 Å². The van der Waals surface area contributed by atoms with Crippen molar-refractivity contribution in [3.8, 4) is 0 Å². The van der Waals surface area contributed by atoms with Crippen LogP contribution in [-0.2, 0) is 14.4 Å². The molecule has 36 heavy (non-hydrogen) atoms. The van der Waals surface area contributed by atoms with Gasteiger partial charge >= 0.3 is 5.97 Å². The Morgan fingerprint density at radius 1 is 1.00 bits per heavy atom. The van der Waals surface area contributed by atoms with E-state index >= 15 is 0 Å². The van der Waals surface area contributed by atoms with Gasteiger partial charge in [0.2, 0.25) is 0 Å². The molecule has 3 aromatic carbocycles. The lowest BCUT2D eigenvalue weighted by Crippen LogP contribution is -2.51. The first-order valence-corrected chi connectivity index (χ1v) is 12.0. The smallest absolute Gasteiger partial charge is 0.331 e. The molecule has 0 saturated carbocycles. The fourth-order valence-electron chi connectivity index (χ4n) is 4.72. The maximum absolute atomic E-state index is 14.0. The number of fused-ring (bicyclic) bond motifs is 1. The Labute approximate surface area is 218 Å². The van der Waals surface area contributed by atoms with Crippen LogP contribution in [0.4, 0.5) is 0 Å². The fraction of sp³-hybridized carbons (Fsp3) is 0.222. The van der Waals surface area contributed by atoms with E-state index in [0.29, 0.717) is 26.7 Å². The third kappa shape index (κ3) is 4.69. The minimum Gasteiger partial charge on any atom is -0.479 e. The molecule has 3 aromatic rings. The van der Waals surface area contributed by atoms with Gasteiger partial charge in [-0.05, 0) is 53.9 Å². The first kappa shape index (κ1) is 25.7. The third-order valence-corrected chi connectivity index (χ3v) is 6.81. The van der Waals surface area contributed by atoms with E-state index in [-0.39, 0.29) is 12.1 Å². The minimum atomic E-state index is -1.39. The maximum Gasteiger partial charge on any atom is 0.331 e. The molecule has 3 atom stereocenters. The summed E-state index contributed by atoms with van der Waals surface area (Å²) in [7, 11) is 1.39. The van der Waals surface area contributed by atoms with E-state index in [1.165, 1.54) is 17.1 Å². The third-order valence-electron chi connectivity index (χ3n) is 6.31. The van der Waals surface area contributed by atoms with Crippen molar-refractivity contribution in [1.29, 1.82) is 0 Å². The van der Waals surface area contributed by atoms with Crippen molar-refractivity contribution in [2.75, 3.05) is 13.7 Å². The highest BCUT2D eigenvalue weighted by Crippen LogP contribution is 2.47. The van der Waals surface area contributed by atoms with Crippen LogP contribution in [0.25, 0.3) is 0 Å². The summed E-state index contributed by atoms with van der Waals surface area (Å²) in [6.07, 6.45) is 0. The number of halogens is 2. The second-order valence-electron chi connectivity index (χ2n) is 8.28. The molecule has 7 nitrogen and oxygen atoms in total. The van der Waals surface area contributed by atoms with E-state index in [4.69, 9.17) is 28.0 Å². The number of hydrogen-bond donors (Lipinski definition) is 1. The number of carbonyl (C=O) groups is 3. The SMILES string of the molecule is CCN(OC)C(=O)C1c2ccccc2C(=O)N(C(C(=O)O)c2ccc(Cl)cc2)C1c1ccc(Cl)cc1. The number of nitrogens with zero attached hydrogens (tertiary/aromatic N) is 2. The zero-order chi connectivity index (χ0) is 26.0. The molecule has 2 amide bonds. The zero-order valence-corrected chi connectivity index (χ0v) is 21.1. The van der Waals surface area contributed by atoms with Crippen LogP contribution in [0.3, 0.4) is 0 Å². The van der Waals surface area contributed by atoms with Gasteiger partial charge in [-0.25, -0.2) is 9.86 Å². The first-order chi connectivity index (χ1) is 17.3.